The first kappa shape index (κ1) is 41.7. The first-order valence-corrected chi connectivity index (χ1v) is 18.6. The predicted octanol–water partition coefficient (Wildman–Crippen LogP) is 4.20. The summed E-state index contributed by atoms with van der Waals surface area (Å²) in [6, 6.07) is 12.8. The lowest BCUT2D eigenvalue weighted by Crippen LogP contribution is -2.41. The number of aryl methyl sites for hydroxylation is 2. The SMILES string of the molecule is C#CCN(Cc1cc2c(=O)n(COC(=O)C(C)(C)C)c(C)nc2cc1C)c1ccc(C(=O)NC(CCCC(=O)NS(=O)(=O)c2ccccc2)C(=O)O)c(F)c1. The molecule has 0 aliphatic carbocycles. The number of hydrogen-bond acceptors (Lipinski definition) is 10. The Labute approximate surface area is 317 Å². The Balaban J connectivity index is 1.46. The van der Waals surface area contributed by atoms with Gasteiger partial charge in [0.15, 0.2) is 6.73 Å². The van der Waals surface area contributed by atoms with Crippen molar-refractivity contribution in [3.8, 4) is 12.3 Å². The van der Waals surface area contributed by atoms with E-state index >= 15 is 4.39 Å². The molecule has 2 amide bonds. The van der Waals surface area contributed by atoms with Crippen LogP contribution < -0.4 is 20.5 Å². The van der Waals surface area contributed by atoms with Crippen molar-refractivity contribution in [3.63, 3.8) is 0 Å². The van der Waals surface area contributed by atoms with Gasteiger partial charge in [-0.15, -0.1) is 6.42 Å². The van der Waals surface area contributed by atoms with E-state index in [0.29, 0.717) is 22.6 Å². The Bertz CT molecular complexity index is 2330. The Morgan fingerprint density at radius 2 is 1.76 bits per heavy atom. The van der Waals surface area contributed by atoms with Gasteiger partial charge in [0, 0.05) is 18.7 Å². The highest BCUT2D eigenvalue weighted by Gasteiger charge is 2.26. The van der Waals surface area contributed by atoms with Crippen LogP contribution in [0.4, 0.5) is 10.1 Å². The minimum atomic E-state index is -4.11. The van der Waals surface area contributed by atoms with E-state index in [9.17, 15) is 37.5 Å². The molecular weight excluding hydrogens is 734 g/mol. The summed E-state index contributed by atoms with van der Waals surface area (Å²) in [5, 5.41) is 12.2. The van der Waals surface area contributed by atoms with Gasteiger partial charge in [-0.2, -0.15) is 0 Å². The number of carboxylic acids is 1. The number of ether oxygens (including phenoxy) is 1. The number of carbonyl (C=O) groups excluding carboxylic acids is 3. The maximum atomic E-state index is 15.5. The number of sulfonamides is 1. The topological polar surface area (TPSA) is 194 Å². The Morgan fingerprint density at radius 1 is 1.07 bits per heavy atom. The van der Waals surface area contributed by atoms with Crippen molar-refractivity contribution in [2.75, 3.05) is 11.4 Å². The molecule has 0 fully saturated rings. The first-order chi connectivity index (χ1) is 25.8. The van der Waals surface area contributed by atoms with Gasteiger partial charge in [0.25, 0.3) is 21.5 Å². The number of terminal acetylenes is 1. The lowest BCUT2D eigenvalue weighted by molar-refractivity contribution is -0.157. The molecule has 4 rings (SSSR count). The van der Waals surface area contributed by atoms with Gasteiger partial charge in [-0.25, -0.2) is 27.3 Å². The second kappa shape index (κ2) is 17.4. The van der Waals surface area contributed by atoms with E-state index < -0.39 is 62.2 Å². The van der Waals surface area contributed by atoms with E-state index in [1.165, 1.54) is 41.0 Å². The van der Waals surface area contributed by atoms with Crippen molar-refractivity contribution in [2.24, 2.45) is 5.41 Å². The van der Waals surface area contributed by atoms with Gasteiger partial charge >= 0.3 is 11.9 Å². The molecule has 0 bridgehead atoms. The smallest absolute Gasteiger partial charge is 0.326 e. The lowest BCUT2D eigenvalue weighted by atomic mass is 9.98. The lowest BCUT2D eigenvalue weighted by Gasteiger charge is -2.24. The fraction of sp³-hybridized carbons (Fsp3) is 0.333. The summed E-state index contributed by atoms with van der Waals surface area (Å²) in [5.74, 6) is -1.88. The standard InChI is InChI=1S/C39H42FN5O9S/c1-7-18-44(22-26-20-30-33(19-24(26)2)41-25(3)45(36(30)48)23-54-38(51)39(4,5)6)27-16-17-29(31(40)21-27)35(47)42-32(37(49)50)14-11-15-34(46)43-55(52,53)28-12-9-8-10-13-28/h1,8-10,12-13,16-17,19-21,32H,11,14-15,18,22-23H2,2-6H3,(H,42,47)(H,43,46)(H,49,50). The Hall–Kier alpha value is -6.08. The number of hydrogen-bond donors (Lipinski definition) is 3. The molecule has 55 heavy (non-hydrogen) atoms. The number of halogens is 1. The highest BCUT2D eigenvalue weighted by Crippen LogP contribution is 2.24. The molecule has 290 valence electrons. The molecule has 3 aromatic carbocycles. The number of benzene rings is 3. The van der Waals surface area contributed by atoms with Gasteiger partial charge in [0.05, 0.1) is 33.3 Å². The molecule has 0 aliphatic heterocycles. The van der Waals surface area contributed by atoms with E-state index in [1.807, 2.05) is 11.6 Å². The number of nitrogens with one attached hydrogen (secondary N) is 2. The second-order valence-electron chi connectivity index (χ2n) is 13.8. The van der Waals surface area contributed by atoms with Gasteiger partial charge in [-0.05, 0) is 101 Å². The van der Waals surface area contributed by atoms with Crippen molar-refractivity contribution in [1.82, 2.24) is 19.6 Å². The van der Waals surface area contributed by atoms with E-state index in [-0.39, 0.29) is 49.4 Å². The number of carboxylic acid groups (broad SMARTS) is 1. The summed E-state index contributed by atoms with van der Waals surface area (Å²) in [7, 11) is -4.11. The van der Waals surface area contributed by atoms with Crippen molar-refractivity contribution in [3.05, 3.63) is 99.3 Å². The summed E-state index contributed by atoms with van der Waals surface area (Å²) in [5.41, 5.74) is 0.533. The number of anilines is 1. The van der Waals surface area contributed by atoms with Crippen molar-refractivity contribution in [1.29, 1.82) is 0 Å². The van der Waals surface area contributed by atoms with E-state index in [4.69, 9.17) is 11.2 Å². The minimum absolute atomic E-state index is 0.0168. The van der Waals surface area contributed by atoms with Crippen LogP contribution in [0.1, 0.15) is 67.3 Å². The highest BCUT2D eigenvalue weighted by atomic mass is 32.2. The Morgan fingerprint density at radius 3 is 2.38 bits per heavy atom. The zero-order chi connectivity index (χ0) is 40.7. The molecule has 14 nitrogen and oxygen atoms in total. The van der Waals surface area contributed by atoms with Crippen molar-refractivity contribution >= 4 is 50.4 Å². The van der Waals surface area contributed by atoms with Crippen LogP contribution in [0, 0.1) is 37.4 Å². The third-order valence-corrected chi connectivity index (χ3v) is 9.94. The zero-order valence-corrected chi connectivity index (χ0v) is 31.8. The summed E-state index contributed by atoms with van der Waals surface area (Å²) in [6.45, 7) is 8.38. The molecule has 0 saturated carbocycles. The quantitative estimate of drug-likeness (QED) is 0.116. The van der Waals surface area contributed by atoms with E-state index in [1.54, 1.807) is 50.8 Å². The molecule has 1 atom stereocenters. The molecule has 1 unspecified atom stereocenters. The number of aromatic nitrogens is 2. The van der Waals surface area contributed by atoms with Crippen LogP contribution in [0.3, 0.4) is 0 Å². The van der Waals surface area contributed by atoms with Gasteiger partial charge in [-0.1, -0.05) is 24.1 Å². The van der Waals surface area contributed by atoms with Crippen LogP contribution in [0.25, 0.3) is 10.9 Å². The first-order valence-electron chi connectivity index (χ1n) is 17.1. The maximum Gasteiger partial charge on any atom is 0.326 e. The van der Waals surface area contributed by atoms with Gasteiger partial charge in [0.1, 0.15) is 17.7 Å². The number of nitrogens with zero attached hydrogens (tertiary/aromatic N) is 3. The molecule has 1 heterocycles. The van der Waals surface area contributed by atoms with E-state index in [2.05, 4.69) is 16.2 Å². The van der Waals surface area contributed by atoms with Crippen LogP contribution in [-0.4, -0.2) is 59.4 Å². The predicted molar refractivity (Wildman–Crippen MR) is 202 cm³/mol. The van der Waals surface area contributed by atoms with Crippen LogP contribution in [-0.2, 0) is 42.4 Å². The molecule has 0 saturated heterocycles. The molecule has 0 aliphatic rings. The molecule has 1 aromatic heterocycles. The second-order valence-corrected chi connectivity index (χ2v) is 15.5. The van der Waals surface area contributed by atoms with Crippen LogP contribution in [0.15, 0.2) is 70.4 Å². The average molecular weight is 776 g/mol. The third-order valence-electron chi connectivity index (χ3n) is 8.55. The number of aliphatic carboxylic acids is 1. The van der Waals surface area contributed by atoms with Crippen LogP contribution >= 0.6 is 0 Å². The highest BCUT2D eigenvalue weighted by molar-refractivity contribution is 7.90. The molecule has 4 aromatic rings. The molecule has 16 heteroatoms. The number of amides is 2. The maximum absolute atomic E-state index is 15.5. The number of fused-ring (bicyclic) bond motifs is 1. The number of esters is 1. The molecule has 3 N–H and O–H groups in total. The molecule has 0 radical (unpaired) electrons. The summed E-state index contributed by atoms with van der Waals surface area (Å²) >= 11 is 0. The van der Waals surface area contributed by atoms with Gasteiger partial charge in [0.2, 0.25) is 5.91 Å². The Kier molecular flexibility index (Phi) is 13.2. The summed E-state index contributed by atoms with van der Waals surface area (Å²) in [4.78, 5) is 69.2. The fourth-order valence-corrected chi connectivity index (χ4v) is 6.48. The van der Waals surface area contributed by atoms with Crippen molar-refractivity contribution in [2.45, 2.75) is 78.1 Å². The third kappa shape index (κ3) is 10.5. The zero-order valence-electron chi connectivity index (χ0n) is 31.0. The van der Waals surface area contributed by atoms with Crippen LogP contribution in [0.5, 0.6) is 0 Å². The molecule has 0 spiro atoms. The minimum Gasteiger partial charge on any atom is -0.480 e. The molecular formula is C39H42FN5O9S. The summed E-state index contributed by atoms with van der Waals surface area (Å²) in [6.07, 6.45) is 4.95. The number of rotatable bonds is 15. The fourth-order valence-electron chi connectivity index (χ4n) is 5.45. The van der Waals surface area contributed by atoms with Gasteiger partial charge in [-0.3, -0.25) is 23.7 Å². The average Bonchev–Trinajstić information content (AvgIpc) is 3.11. The summed E-state index contributed by atoms with van der Waals surface area (Å²) < 4.78 is 48.8. The van der Waals surface area contributed by atoms with E-state index in [0.717, 1.165) is 11.6 Å². The normalized spacial score (nSPS) is 12.0. The van der Waals surface area contributed by atoms with Gasteiger partial charge < -0.3 is 20.1 Å². The number of carbonyl (C=O) groups is 4. The monoisotopic (exact) mass is 775 g/mol. The van der Waals surface area contributed by atoms with Crippen LogP contribution in [0.2, 0.25) is 0 Å². The largest absolute Gasteiger partial charge is 0.480 e. The van der Waals surface area contributed by atoms with Crippen molar-refractivity contribution < 1.29 is 41.8 Å².